The number of aromatic nitrogens is 2. The molecule has 0 aliphatic rings. The number of aryl methyl sites for hydroxylation is 1. The Labute approximate surface area is 149 Å². The van der Waals surface area contributed by atoms with E-state index in [0.717, 1.165) is 27.7 Å². The average molecular weight is 384 g/mol. The number of carbonyl (C=O) groups is 1. The van der Waals surface area contributed by atoms with Crippen LogP contribution in [0.25, 0.3) is 11.1 Å². The lowest BCUT2D eigenvalue weighted by Crippen LogP contribution is -2.25. The summed E-state index contributed by atoms with van der Waals surface area (Å²) in [5.41, 5.74) is 3.80. The molecule has 1 aromatic carbocycles. The molecule has 0 saturated carbocycles. The second-order valence-electron chi connectivity index (χ2n) is 5.45. The lowest BCUT2D eigenvalue weighted by atomic mass is 10.1. The number of nitrogens with one attached hydrogen (secondary N) is 1. The summed E-state index contributed by atoms with van der Waals surface area (Å²) in [6.07, 6.45) is 5.51. The molecule has 3 aromatic rings. The largest absolute Gasteiger partial charge is 0.347 e. The van der Waals surface area contributed by atoms with Crippen LogP contribution >= 0.6 is 15.9 Å². The quantitative estimate of drug-likeness (QED) is 0.715. The highest BCUT2D eigenvalue weighted by atomic mass is 79.9. The summed E-state index contributed by atoms with van der Waals surface area (Å²) >= 11 is 3.44. The number of rotatable bonds is 5. The summed E-state index contributed by atoms with van der Waals surface area (Å²) in [5, 5.41) is 2.99. The van der Waals surface area contributed by atoms with Crippen LogP contribution in [0.5, 0.6) is 0 Å². The highest BCUT2D eigenvalue weighted by Gasteiger charge is 2.13. The van der Waals surface area contributed by atoms with E-state index in [2.05, 4.69) is 26.2 Å². The Bertz CT molecular complexity index is 843. The molecule has 122 valence electrons. The second kappa shape index (κ2) is 7.45. The zero-order chi connectivity index (χ0) is 16.9. The fourth-order valence-electron chi connectivity index (χ4n) is 2.58. The number of pyridine rings is 1. The zero-order valence-electron chi connectivity index (χ0n) is 13.4. The van der Waals surface area contributed by atoms with Gasteiger partial charge in [-0.05, 0) is 48.4 Å². The summed E-state index contributed by atoms with van der Waals surface area (Å²) in [5.74, 6) is -0.0721. The van der Waals surface area contributed by atoms with Gasteiger partial charge in [0.05, 0.1) is 0 Å². The molecule has 24 heavy (non-hydrogen) atoms. The van der Waals surface area contributed by atoms with Gasteiger partial charge >= 0.3 is 0 Å². The van der Waals surface area contributed by atoms with E-state index >= 15 is 0 Å². The predicted octanol–water partition coefficient (Wildman–Crippen LogP) is 4.26. The van der Waals surface area contributed by atoms with E-state index in [-0.39, 0.29) is 5.91 Å². The van der Waals surface area contributed by atoms with E-state index in [0.29, 0.717) is 12.2 Å². The Morgan fingerprint density at radius 2 is 1.96 bits per heavy atom. The Morgan fingerprint density at radius 3 is 2.67 bits per heavy atom. The minimum Gasteiger partial charge on any atom is -0.347 e. The van der Waals surface area contributed by atoms with Crippen molar-refractivity contribution in [1.82, 2.24) is 14.9 Å². The highest BCUT2D eigenvalue weighted by molar-refractivity contribution is 9.10. The molecule has 0 spiro atoms. The van der Waals surface area contributed by atoms with Crippen molar-refractivity contribution in [3.63, 3.8) is 0 Å². The van der Waals surface area contributed by atoms with Crippen molar-refractivity contribution in [2.75, 3.05) is 0 Å². The molecule has 0 aliphatic carbocycles. The summed E-state index contributed by atoms with van der Waals surface area (Å²) in [7, 11) is 0. The molecule has 1 N–H and O–H groups in total. The van der Waals surface area contributed by atoms with Crippen LogP contribution in [0.3, 0.4) is 0 Å². The maximum absolute atomic E-state index is 12.6. The molecule has 2 aromatic heterocycles. The van der Waals surface area contributed by atoms with Gasteiger partial charge in [-0.2, -0.15) is 0 Å². The van der Waals surface area contributed by atoms with Crippen LogP contribution in [0.2, 0.25) is 0 Å². The third-order valence-corrected chi connectivity index (χ3v) is 4.32. The van der Waals surface area contributed by atoms with Gasteiger partial charge < -0.3 is 9.88 Å². The molecule has 4 nitrogen and oxygen atoms in total. The van der Waals surface area contributed by atoms with E-state index in [9.17, 15) is 4.79 Å². The van der Waals surface area contributed by atoms with Crippen LogP contribution in [0.15, 0.2) is 65.5 Å². The highest BCUT2D eigenvalue weighted by Crippen LogP contribution is 2.22. The van der Waals surface area contributed by atoms with Gasteiger partial charge in [0, 0.05) is 41.7 Å². The molecular formula is C19H18BrN3O. The van der Waals surface area contributed by atoms with Gasteiger partial charge in [0.25, 0.3) is 5.91 Å². The van der Waals surface area contributed by atoms with Gasteiger partial charge in [0.15, 0.2) is 0 Å². The average Bonchev–Trinajstić information content (AvgIpc) is 3.05. The van der Waals surface area contributed by atoms with Crippen molar-refractivity contribution in [3.8, 4) is 11.1 Å². The van der Waals surface area contributed by atoms with Crippen LogP contribution in [-0.2, 0) is 13.1 Å². The molecule has 0 radical (unpaired) electrons. The topological polar surface area (TPSA) is 46.9 Å². The molecule has 5 heteroatoms. The summed E-state index contributed by atoms with van der Waals surface area (Å²) in [6.45, 7) is 3.27. The maximum atomic E-state index is 12.6. The minimum atomic E-state index is -0.0721. The van der Waals surface area contributed by atoms with Gasteiger partial charge in [-0.3, -0.25) is 9.78 Å². The summed E-state index contributed by atoms with van der Waals surface area (Å²) in [4.78, 5) is 16.6. The van der Waals surface area contributed by atoms with Gasteiger partial charge in [-0.15, -0.1) is 0 Å². The van der Waals surface area contributed by atoms with Gasteiger partial charge in [0.1, 0.15) is 5.69 Å². The Morgan fingerprint density at radius 1 is 1.17 bits per heavy atom. The minimum absolute atomic E-state index is 0.0721. The first kappa shape index (κ1) is 16.5. The first-order valence-electron chi connectivity index (χ1n) is 7.80. The van der Waals surface area contributed by atoms with Gasteiger partial charge in [-0.1, -0.05) is 28.1 Å². The van der Waals surface area contributed by atoms with Crippen molar-refractivity contribution < 1.29 is 4.79 Å². The molecule has 1 amide bonds. The maximum Gasteiger partial charge on any atom is 0.268 e. The molecule has 3 rings (SSSR count). The first-order valence-corrected chi connectivity index (χ1v) is 8.60. The molecule has 0 atom stereocenters. The van der Waals surface area contributed by atoms with Crippen molar-refractivity contribution in [1.29, 1.82) is 0 Å². The zero-order valence-corrected chi connectivity index (χ0v) is 15.0. The first-order chi connectivity index (χ1) is 11.7. The molecule has 0 bridgehead atoms. The lowest BCUT2D eigenvalue weighted by Gasteiger charge is -2.08. The number of halogens is 1. The third-order valence-electron chi connectivity index (χ3n) is 3.83. The SMILES string of the molecule is CCn1cc(-c2ccncc2)cc1C(=O)NCc1cccc(Br)c1. The van der Waals surface area contributed by atoms with Crippen LogP contribution in [-0.4, -0.2) is 15.5 Å². The fourth-order valence-corrected chi connectivity index (χ4v) is 3.03. The van der Waals surface area contributed by atoms with E-state index in [4.69, 9.17) is 0 Å². The Balaban J connectivity index is 1.78. The van der Waals surface area contributed by atoms with Crippen LogP contribution < -0.4 is 5.32 Å². The lowest BCUT2D eigenvalue weighted by molar-refractivity contribution is 0.0941. The number of amides is 1. The van der Waals surface area contributed by atoms with Crippen molar-refractivity contribution in [2.24, 2.45) is 0 Å². The van der Waals surface area contributed by atoms with Gasteiger partial charge in [0.2, 0.25) is 0 Å². The smallest absolute Gasteiger partial charge is 0.268 e. The molecule has 2 heterocycles. The van der Waals surface area contributed by atoms with Crippen molar-refractivity contribution >= 4 is 21.8 Å². The third kappa shape index (κ3) is 3.74. The summed E-state index contributed by atoms with van der Waals surface area (Å²) < 4.78 is 2.97. The van der Waals surface area contributed by atoms with E-state index < -0.39 is 0 Å². The summed E-state index contributed by atoms with van der Waals surface area (Å²) in [6, 6.07) is 13.7. The van der Waals surface area contributed by atoms with E-state index in [1.807, 2.05) is 60.2 Å². The van der Waals surface area contributed by atoms with Crippen LogP contribution in [0.1, 0.15) is 23.0 Å². The molecule has 0 saturated heterocycles. The Hall–Kier alpha value is -2.40. The second-order valence-corrected chi connectivity index (χ2v) is 6.36. The predicted molar refractivity (Wildman–Crippen MR) is 98.6 cm³/mol. The van der Waals surface area contributed by atoms with Gasteiger partial charge in [-0.25, -0.2) is 0 Å². The molecule has 0 fully saturated rings. The fraction of sp³-hybridized carbons (Fsp3) is 0.158. The number of hydrogen-bond donors (Lipinski definition) is 1. The van der Waals surface area contributed by atoms with Crippen LogP contribution in [0.4, 0.5) is 0 Å². The standard InChI is InChI=1S/C19H18BrN3O/c1-2-23-13-16(15-6-8-21-9-7-15)11-18(23)19(24)22-12-14-4-3-5-17(20)10-14/h3-11,13H,2,12H2,1H3,(H,22,24). The van der Waals surface area contributed by atoms with E-state index in [1.165, 1.54) is 0 Å². The number of nitrogens with zero attached hydrogens (tertiary/aromatic N) is 2. The monoisotopic (exact) mass is 383 g/mol. The Kier molecular flexibility index (Phi) is 5.11. The normalized spacial score (nSPS) is 10.6. The molecular weight excluding hydrogens is 366 g/mol. The van der Waals surface area contributed by atoms with Crippen LogP contribution in [0, 0.1) is 0 Å². The number of benzene rings is 1. The van der Waals surface area contributed by atoms with E-state index in [1.54, 1.807) is 12.4 Å². The van der Waals surface area contributed by atoms with Crippen molar-refractivity contribution in [3.05, 3.63) is 76.8 Å². The molecule has 0 aliphatic heterocycles. The number of hydrogen-bond acceptors (Lipinski definition) is 2. The van der Waals surface area contributed by atoms with Crippen molar-refractivity contribution in [2.45, 2.75) is 20.0 Å². The number of carbonyl (C=O) groups excluding carboxylic acids is 1. The molecule has 0 unspecified atom stereocenters.